The van der Waals surface area contributed by atoms with Crippen molar-refractivity contribution in [3.05, 3.63) is 58.8 Å². The van der Waals surface area contributed by atoms with Gasteiger partial charge in [-0.05, 0) is 10.8 Å². The fourth-order valence-corrected chi connectivity index (χ4v) is 1.21. The monoisotopic (exact) mass is 190 g/mol. The van der Waals surface area contributed by atoms with Crippen molar-refractivity contribution in [3.63, 3.8) is 0 Å². The SMILES string of the molecule is O=Cc1ccccc1.c1ccsc1. The molecular weight excluding hydrogens is 180 g/mol. The maximum absolute atomic E-state index is 10.0. The van der Waals surface area contributed by atoms with E-state index in [-0.39, 0.29) is 0 Å². The molecule has 0 saturated carbocycles. The maximum Gasteiger partial charge on any atom is 0.150 e. The molecular formula is C11H10OS. The predicted molar refractivity (Wildman–Crippen MR) is 56.1 cm³/mol. The Balaban J connectivity index is 0.000000145. The van der Waals surface area contributed by atoms with Gasteiger partial charge in [0.05, 0.1) is 0 Å². The highest BCUT2D eigenvalue weighted by molar-refractivity contribution is 7.07. The predicted octanol–water partition coefficient (Wildman–Crippen LogP) is 3.25. The van der Waals surface area contributed by atoms with Crippen LogP contribution in [0.1, 0.15) is 10.4 Å². The van der Waals surface area contributed by atoms with Crippen LogP contribution in [-0.2, 0) is 0 Å². The van der Waals surface area contributed by atoms with E-state index in [9.17, 15) is 4.79 Å². The molecule has 0 radical (unpaired) electrons. The number of carbonyl (C=O) groups is 1. The lowest BCUT2D eigenvalue weighted by molar-refractivity contribution is 0.112. The van der Waals surface area contributed by atoms with Crippen LogP contribution in [0.15, 0.2) is 53.2 Å². The van der Waals surface area contributed by atoms with Gasteiger partial charge in [-0.1, -0.05) is 42.5 Å². The summed E-state index contributed by atoms with van der Waals surface area (Å²) in [5.74, 6) is 0. The van der Waals surface area contributed by atoms with Crippen molar-refractivity contribution in [2.24, 2.45) is 0 Å². The summed E-state index contributed by atoms with van der Waals surface area (Å²) < 4.78 is 0. The minimum atomic E-state index is 0.729. The van der Waals surface area contributed by atoms with Gasteiger partial charge in [-0.15, -0.1) is 0 Å². The molecule has 2 aromatic rings. The first-order chi connectivity index (χ1) is 6.43. The maximum atomic E-state index is 10.0. The summed E-state index contributed by atoms with van der Waals surface area (Å²) in [6, 6.07) is 13.1. The minimum Gasteiger partial charge on any atom is -0.298 e. The van der Waals surface area contributed by atoms with Crippen molar-refractivity contribution in [1.82, 2.24) is 0 Å². The Bertz CT molecular complexity index is 296. The summed E-state index contributed by atoms with van der Waals surface area (Å²) >= 11 is 1.71. The van der Waals surface area contributed by atoms with E-state index in [1.54, 1.807) is 23.5 Å². The standard InChI is InChI=1S/C7H6O.C4H4S/c8-6-7-4-2-1-3-5-7;1-2-4-5-3-1/h1-6H;1-4H. The quantitative estimate of drug-likeness (QED) is 0.631. The summed E-state index contributed by atoms with van der Waals surface area (Å²) in [4.78, 5) is 10.0. The summed E-state index contributed by atoms with van der Waals surface area (Å²) in [7, 11) is 0. The van der Waals surface area contributed by atoms with Crippen LogP contribution >= 0.6 is 11.3 Å². The van der Waals surface area contributed by atoms with E-state index >= 15 is 0 Å². The fraction of sp³-hybridized carbons (Fsp3) is 0. The lowest BCUT2D eigenvalue weighted by Gasteiger charge is -1.81. The molecule has 2 heteroatoms. The molecule has 0 spiro atoms. The topological polar surface area (TPSA) is 17.1 Å². The Hall–Kier alpha value is -1.41. The van der Waals surface area contributed by atoms with Crippen LogP contribution in [0.3, 0.4) is 0 Å². The molecule has 0 aliphatic rings. The highest BCUT2D eigenvalue weighted by Crippen LogP contribution is 1.92. The molecule has 0 fully saturated rings. The van der Waals surface area contributed by atoms with Crippen LogP contribution in [0.25, 0.3) is 0 Å². The molecule has 13 heavy (non-hydrogen) atoms. The number of benzene rings is 1. The van der Waals surface area contributed by atoms with Crippen LogP contribution in [-0.4, -0.2) is 6.29 Å². The second-order valence-electron chi connectivity index (χ2n) is 2.32. The molecule has 0 amide bonds. The van der Waals surface area contributed by atoms with E-state index in [4.69, 9.17) is 0 Å². The normalized spacial score (nSPS) is 8.31. The van der Waals surface area contributed by atoms with Gasteiger partial charge in [-0.2, -0.15) is 11.3 Å². The third kappa shape index (κ3) is 4.23. The largest absolute Gasteiger partial charge is 0.298 e. The molecule has 2 rings (SSSR count). The number of rotatable bonds is 1. The lowest BCUT2D eigenvalue weighted by atomic mass is 10.2. The molecule has 1 nitrogen and oxygen atoms in total. The summed E-state index contributed by atoms with van der Waals surface area (Å²) in [5, 5.41) is 4.08. The van der Waals surface area contributed by atoms with Crippen molar-refractivity contribution in [3.8, 4) is 0 Å². The lowest BCUT2D eigenvalue weighted by Crippen LogP contribution is -1.73. The van der Waals surface area contributed by atoms with E-state index in [1.807, 2.05) is 41.1 Å². The second-order valence-corrected chi connectivity index (χ2v) is 3.14. The van der Waals surface area contributed by atoms with E-state index in [0.717, 1.165) is 11.8 Å². The molecule has 0 N–H and O–H groups in total. The van der Waals surface area contributed by atoms with Gasteiger partial charge in [0.15, 0.2) is 0 Å². The molecule has 1 aromatic heterocycles. The first-order valence-electron chi connectivity index (χ1n) is 3.91. The van der Waals surface area contributed by atoms with Gasteiger partial charge in [0, 0.05) is 5.56 Å². The Labute approximate surface area is 81.7 Å². The smallest absolute Gasteiger partial charge is 0.150 e. The second kappa shape index (κ2) is 6.14. The fourth-order valence-electron chi connectivity index (χ4n) is 0.758. The number of hydrogen-bond acceptors (Lipinski definition) is 2. The van der Waals surface area contributed by atoms with Gasteiger partial charge in [-0.25, -0.2) is 0 Å². The molecule has 0 bridgehead atoms. The molecule has 1 heterocycles. The first-order valence-corrected chi connectivity index (χ1v) is 4.85. The zero-order valence-corrected chi connectivity index (χ0v) is 7.91. The van der Waals surface area contributed by atoms with Gasteiger partial charge in [0.2, 0.25) is 0 Å². The Kier molecular flexibility index (Phi) is 4.57. The van der Waals surface area contributed by atoms with Crippen LogP contribution in [0, 0.1) is 0 Å². The van der Waals surface area contributed by atoms with Crippen molar-refractivity contribution in [2.45, 2.75) is 0 Å². The molecule has 0 aliphatic heterocycles. The van der Waals surface area contributed by atoms with Gasteiger partial charge in [0.25, 0.3) is 0 Å². The first kappa shape index (κ1) is 9.68. The van der Waals surface area contributed by atoms with Crippen LogP contribution in [0.2, 0.25) is 0 Å². The summed E-state index contributed by atoms with van der Waals surface area (Å²) in [6.07, 6.45) is 0.833. The third-order valence-electron chi connectivity index (χ3n) is 1.36. The van der Waals surface area contributed by atoms with Crippen LogP contribution < -0.4 is 0 Å². The van der Waals surface area contributed by atoms with Crippen molar-refractivity contribution in [2.75, 3.05) is 0 Å². The van der Waals surface area contributed by atoms with Crippen molar-refractivity contribution in [1.29, 1.82) is 0 Å². The average Bonchev–Trinajstić information content (AvgIpc) is 2.77. The number of carbonyl (C=O) groups excluding carboxylic acids is 1. The third-order valence-corrected chi connectivity index (χ3v) is 1.99. The average molecular weight is 190 g/mol. The molecule has 0 atom stereocenters. The van der Waals surface area contributed by atoms with Gasteiger partial charge in [0.1, 0.15) is 6.29 Å². The number of aldehydes is 1. The zero-order valence-electron chi connectivity index (χ0n) is 7.09. The molecule has 66 valence electrons. The van der Waals surface area contributed by atoms with Gasteiger partial charge >= 0.3 is 0 Å². The van der Waals surface area contributed by atoms with Gasteiger partial charge in [-0.3, -0.25) is 4.79 Å². The highest BCUT2D eigenvalue weighted by Gasteiger charge is 1.79. The van der Waals surface area contributed by atoms with Crippen molar-refractivity contribution >= 4 is 17.6 Å². The zero-order chi connectivity index (χ0) is 9.36. The van der Waals surface area contributed by atoms with Crippen LogP contribution in [0.5, 0.6) is 0 Å². The summed E-state index contributed by atoms with van der Waals surface area (Å²) in [6.45, 7) is 0. The Morgan fingerprint density at radius 3 is 1.85 bits per heavy atom. The number of hydrogen-bond donors (Lipinski definition) is 0. The molecule has 1 aromatic carbocycles. The van der Waals surface area contributed by atoms with Gasteiger partial charge < -0.3 is 0 Å². The van der Waals surface area contributed by atoms with E-state index in [1.165, 1.54) is 0 Å². The molecule has 0 saturated heterocycles. The number of thiophene rings is 1. The van der Waals surface area contributed by atoms with E-state index in [0.29, 0.717) is 0 Å². The van der Waals surface area contributed by atoms with Crippen LogP contribution in [0.4, 0.5) is 0 Å². The van der Waals surface area contributed by atoms with E-state index in [2.05, 4.69) is 0 Å². The van der Waals surface area contributed by atoms with E-state index < -0.39 is 0 Å². The van der Waals surface area contributed by atoms with Crippen molar-refractivity contribution < 1.29 is 4.79 Å². The molecule has 0 unspecified atom stereocenters. The Morgan fingerprint density at radius 1 is 0.923 bits per heavy atom. The minimum absolute atomic E-state index is 0.729. The highest BCUT2D eigenvalue weighted by atomic mass is 32.1. The Morgan fingerprint density at radius 2 is 1.54 bits per heavy atom. The summed E-state index contributed by atoms with van der Waals surface area (Å²) in [5.41, 5.74) is 0.729. The molecule has 0 aliphatic carbocycles.